The van der Waals surface area contributed by atoms with Crippen LogP contribution in [0.3, 0.4) is 0 Å². The first kappa shape index (κ1) is 19.1. The summed E-state index contributed by atoms with van der Waals surface area (Å²) in [5.41, 5.74) is 1.60. The Labute approximate surface area is 156 Å². The van der Waals surface area contributed by atoms with E-state index in [0.717, 1.165) is 49.9 Å². The first-order valence-corrected chi connectivity index (χ1v) is 9.04. The fourth-order valence-electron chi connectivity index (χ4n) is 3.25. The van der Waals surface area contributed by atoms with E-state index < -0.39 is 11.7 Å². The Bertz CT molecular complexity index is 741. The molecule has 1 unspecified atom stereocenters. The molecule has 1 aromatic heterocycles. The number of alkyl halides is 3. The van der Waals surface area contributed by atoms with Gasteiger partial charge in [0.2, 0.25) is 0 Å². The molecule has 2 aromatic rings. The number of aromatic nitrogens is 1. The minimum absolute atomic E-state index is 0.283. The van der Waals surface area contributed by atoms with Crippen LogP contribution in [-0.2, 0) is 12.6 Å². The van der Waals surface area contributed by atoms with Crippen LogP contribution in [-0.4, -0.2) is 36.1 Å². The van der Waals surface area contributed by atoms with Crippen molar-refractivity contribution < 1.29 is 13.2 Å². The standard InChI is InChI=1S/C19H21ClF3N3/c1-2-13-3-6-17(25-12-13)18(26-9-7-24-8-10-26)14-4-5-16(20)15(11-14)19(21,22)23/h3-6,11-12,18,24H,2,7-10H2,1H3. The predicted octanol–water partition coefficient (Wildman–Crippen LogP) is 4.31. The van der Waals surface area contributed by atoms with Gasteiger partial charge in [0.25, 0.3) is 0 Å². The van der Waals surface area contributed by atoms with Crippen molar-refractivity contribution in [1.82, 2.24) is 15.2 Å². The number of nitrogens with zero attached hydrogens (tertiary/aromatic N) is 2. The van der Waals surface area contributed by atoms with E-state index in [9.17, 15) is 13.2 Å². The van der Waals surface area contributed by atoms with Gasteiger partial charge in [-0.1, -0.05) is 30.7 Å². The monoisotopic (exact) mass is 383 g/mol. The summed E-state index contributed by atoms with van der Waals surface area (Å²) in [5.74, 6) is 0. The maximum absolute atomic E-state index is 13.3. The van der Waals surface area contributed by atoms with Crippen LogP contribution in [0.1, 0.15) is 35.3 Å². The predicted molar refractivity (Wildman–Crippen MR) is 96.4 cm³/mol. The summed E-state index contributed by atoms with van der Waals surface area (Å²) in [6.45, 7) is 5.11. The highest BCUT2D eigenvalue weighted by Gasteiger charge is 2.35. The van der Waals surface area contributed by atoms with Crippen molar-refractivity contribution in [1.29, 1.82) is 0 Å². The van der Waals surface area contributed by atoms with Crippen LogP contribution in [0.5, 0.6) is 0 Å². The van der Waals surface area contributed by atoms with E-state index >= 15 is 0 Å². The average Bonchev–Trinajstić information content (AvgIpc) is 2.64. The fourth-order valence-corrected chi connectivity index (χ4v) is 3.47. The quantitative estimate of drug-likeness (QED) is 0.852. The molecule has 7 heteroatoms. The minimum Gasteiger partial charge on any atom is -0.314 e. The molecule has 1 aromatic carbocycles. The molecule has 0 radical (unpaired) electrons. The van der Waals surface area contributed by atoms with Crippen molar-refractivity contribution in [2.75, 3.05) is 26.2 Å². The molecule has 1 N–H and O–H groups in total. The molecule has 0 amide bonds. The molecule has 1 atom stereocenters. The normalized spacial score (nSPS) is 17.3. The van der Waals surface area contributed by atoms with Gasteiger partial charge in [0, 0.05) is 32.4 Å². The smallest absolute Gasteiger partial charge is 0.314 e. The Kier molecular flexibility index (Phi) is 5.85. The van der Waals surface area contributed by atoms with Gasteiger partial charge in [-0.3, -0.25) is 9.88 Å². The van der Waals surface area contributed by atoms with Crippen molar-refractivity contribution in [2.24, 2.45) is 0 Å². The number of rotatable bonds is 4. The molecule has 0 bridgehead atoms. The number of hydrogen-bond donors (Lipinski definition) is 1. The molecule has 140 valence electrons. The third kappa shape index (κ3) is 4.19. The maximum Gasteiger partial charge on any atom is 0.417 e. The van der Waals surface area contributed by atoms with E-state index in [-0.39, 0.29) is 11.1 Å². The molecule has 1 aliphatic rings. The van der Waals surface area contributed by atoms with Crippen LogP contribution in [0.25, 0.3) is 0 Å². The van der Waals surface area contributed by atoms with Crippen molar-refractivity contribution >= 4 is 11.6 Å². The molecule has 3 rings (SSSR count). The van der Waals surface area contributed by atoms with Crippen LogP contribution < -0.4 is 5.32 Å². The first-order chi connectivity index (χ1) is 12.4. The average molecular weight is 384 g/mol. The topological polar surface area (TPSA) is 28.2 Å². The number of aryl methyl sites for hydroxylation is 1. The van der Waals surface area contributed by atoms with E-state index in [1.165, 1.54) is 6.07 Å². The van der Waals surface area contributed by atoms with E-state index in [2.05, 4.69) is 15.2 Å². The van der Waals surface area contributed by atoms with Gasteiger partial charge in [-0.2, -0.15) is 13.2 Å². The largest absolute Gasteiger partial charge is 0.417 e. The SMILES string of the molecule is CCc1ccc(C(c2ccc(Cl)c(C(F)(F)F)c2)N2CCNCC2)nc1. The number of pyridine rings is 1. The summed E-state index contributed by atoms with van der Waals surface area (Å²) in [6, 6.07) is 7.71. The Morgan fingerprint density at radius 2 is 1.92 bits per heavy atom. The number of nitrogens with one attached hydrogen (secondary N) is 1. The number of hydrogen-bond acceptors (Lipinski definition) is 3. The summed E-state index contributed by atoms with van der Waals surface area (Å²) in [6.07, 6.45) is -1.82. The first-order valence-electron chi connectivity index (χ1n) is 8.66. The van der Waals surface area contributed by atoms with Crippen LogP contribution >= 0.6 is 11.6 Å². The van der Waals surface area contributed by atoms with E-state index in [1.807, 2.05) is 19.1 Å². The van der Waals surface area contributed by atoms with Crippen molar-refractivity contribution in [3.8, 4) is 0 Å². The zero-order valence-corrected chi connectivity index (χ0v) is 15.2. The molecule has 3 nitrogen and oxygen atoms in total. The highest BCUT2D eigenvalue weighted by Crippen LogP contribution is 2.38. The molecule has 0 saturated carbocycles. The Balaban J connectivity index is 2.05. The molecule has 1 saturated heterocycles. The van der Waals surface area contributed by atoms with Gasteiger partial charge in [-0.05, 0) is 35.7 Å². The summed E-state index contributed by atoms with van der Waals surface area (Å²) >= 11 is 5.80. The van der Waals surface area contributed by atoms with Crippen LogP contribution in [0, 0.1) is 0 Å². The van der Waals surface area contributed by atoms with Gasteiger partial charge in [-0.15, -0.1) is 0 Å². The molecule has 2 heterocycles. The zero-order chi connectivity index (χ0) is 18.7. The van der Waals surface area contributed by atoms with Gasteiger partial charge < -0.3 is 5.32 Å². The minimum atomic E-state index is -4.49. The molecule has 0 aliphatic carbocycles. The Hall–Kier alpha value is -1.63. The van der Waals surface area contributed by atoms with Gasteiger partial charge in [-0.25, -0.2) is 0 Å². The summed E-state index contributed by atoms with van der Waals surface area (Å²) in [7, 11) is 0. The molecular formula is C19H21ClF3N3. The zero-order valence-electron chi connectivity index (χ0n) is 14.5. The van der Waals surface area contributed by atoms with Gasteiger partial charge >= 0.3 is 6.18 Å². The lowest BCUT2D eigenvalue weighted by Gasteiger charge is -2.35. The van der Waals surface area contributed by atoms with Crippen LogP contribution in [0.4, 0.5) is 13.2 Å². The summed E-state index contributed by atoms with van der Waals surface area (Å²) < 4.78 is 39.9. The fraction of sp³-hybridized carbons (Fsp3) is 0.421. The highest BCUT2D eigenvalue weighted by atomic mass is 35.5. The lowest BCUT2D eigenvalue weighted by molar-refractivity contribution is -0.137. The molecule has 26 heavy (non-hydrogen) atoms. The molecular weight excluding hydrogens is 363 g/mol. The second-order valence-corrected chi connectivity index (χ2v) is 6.78. The van der Waals surface area contributed by atoms with E-state index in [1.54, 1.807) is 12.3 Å². The second-order valence-electron chi connectivity index (χ2n) is 6.37. The van der Waals surface area contributed by atoms with Gasteiger partial charge in [0.05, 0.1) is 22.3 Å². The Morgan fingerprint density at radius 3 is 2.50 bits per heavy atom. The van der Waals surface area contributed by atoms with Crippen molar-refractivity contribution in [3.05, 3.63) is 63.9 Å². The number of halogens is 4. The van der Waals surface area contributed by atoms with E-state index in [4.69, 9.17) is 11.6 Å². The van der Waals surface area contributed by atoms with Crippen LogP contribution in [0.2, 0.25) is 5.02 Å². The highest BCUT2D eigenvalue weighted by molar-refractivity contribution is 6.31. The van der Waals surface area contributed by atoms with Crippen molar-refractivity contribution in [3.63, 3.8) is 0 Å². The molecule has 1 aliphatic heterocycles. The Morgan fingerprint density at radius 1 is 1.19 bits per heavy atom. The summed E-state index contributed by atoms with van der Waals surface area (Å²) in [5, 5.41) is 2.99. The third-order valence-corrected chi connectivity index (χ3v) is 4.99. The lowest BCUT2D eigenvalue weighted by Crippen LogP contribution is -2.45. The van der Waals surface area contributed by atoms with E-state index in [0.29, 0.717) is 5.56 Å². The van der Waals surface area contributed by atoms with Crippen molar-refractivity contribution in [2.45, 2.75) is 25.6 Å². The number of benzene rings is 1. The van der Waals surface area contributed by atoms with Crippen LogP contribution in [0.15, 0.2) is 36.5 Å². The van der Waals surface area contributed by atoms with Gasteiger partial charge in [0.15, 0.2) is 0 Å². The maximum atomic E-state index is 13.3. The molecule has 1 fully saturated rings. The van der Waals surface area contributed by atoms with Gasteiger partial charge in [0.1, 0.15) is 0 Å². The second kappa shape index (κ2) is 7.94. The lowest BCUT2D eigenvalue weighted by atomic mass is 9.97. The third-order valence-electron chi connectivity index (χ3n) is 4.66. The summed E-state index contributed by atoms with van der Waals surface area (Å²) in [4.78, 5) is 6.70. The molecule has 0 spiro atoms. The number of piperazine rings is 1.